The normalized spacial score (nSPS) is 11.8. The van der Waals surface area contributed by atoms with E-state index in [4.69, 9.17) is 16.9 Å². The van der Waals surface area contributed by atoms with Gasteiger partial charge in [-0.15, -0.1) is 11.6 Å². The topological polar surface area (TPSA) is 61.1 Å². The highest BCUT2D eigenvalue weighted by Crippen LogP contribution is 2.31. The van der Waals surface area contributed by atoms with Crippen molar-refractivity contribution in [3.63, 3.8) is 0 Å². The minimum atomic E-state index is -0.900. The van der Waals surface area contributed by atoms with Crippen LogP contribution >= 0.6 is 11.6 Å². The van der Waals surface area contributed by atoms with E-state index in [1.54, 1.807) is 6.07 Å². The van der Waals surface area contributed by atoms with Crippen LogP contribution in [0.5, 0.6) is 5.75 Å². The zero-order chi connectivity index (χ0) is 10.7. The number of Topliss-reactive ketones (excluding diaryl/α,β-unsaturated/α-hetero) is 1. The van der Waals surface area contributed by atoms with Crippen molar-refractivity contribution < 1.29 is 9.90 Å². The van der Waals surface area contributed by atoms with Crippen LogP contribution in [0.3, 0.4) is 0 Å². The van der Waals surface area contributed by atoms with E-state index in [0.29, 0.717) is 0 Å². The van der Waals surface area contributed by atoms with Gasteiger partial charge in [0.1, 0.15) is 17.2 Å². The summed E-state index contributed by atoms with van der Waals surface area (Å²) in [5, 5.41) is 17.3. The molecule has 0 aromatic heterocycles. The summed E-state index contributed by atoms with van der Waals surface area (Å²) in [6, 6.07) is 6.37. The molecule has 1 aromatic carbocycles. The van der Waals surface area contributed by atoms with Crippen molar-refractivity contribution in [2.75, 3.05) is 0 Å². The lowest BCUT2D eigenvalue weighted by Gasteiger charge is -2.08. The molecule has 4 heteroatoms. The molecule has 1 unspecified atom stereocenters. The first-order valence-electron chi connectivity index (χ1n) is 3.94. The van der Waals surface area contributed by atoms with Gasteiger partial charge in [0.15, 0.2) is 5.78 Å². The van der Waals surface area contributed by atoms with E-state index in [1.165, 1.54) is 19.1 Å². The second-order valence-corrected chi connectivity index (χ2v) is 3.26. The van der Waals surface area contributed by atoms with Crippen LogP contribution < -0.4 is 0 Å². The average Bonchev–Trinajstić information content (AvgIpc) is 2.17. The second-order valence-electron chi connectivity index (χ2n) is 2.83. The Balaban J connectivity index is 3.24. The number of alkyl halides is 1. The molecule has 72 valence electrons. The molecule has 0 aliphatic rings. The molecular formula is C10H8ClNO2. The lowest BCUT2D eigenvalue weighted by atomic mass is 10.0. The maximum absolute atomic E-state index is 11.0. The number of nitriles is 1. The van der Waals surface area contributed by atoms with Gasteiger partial charge in [0, 0.05) is 5.56 Å². The summed E-state index contributed by atoms with van der Waals surface area (Å²) < 4.78 is 0. The molecule has 1 N–H and O–H groups in total. The number of halogens is 1. The van der Waals surface area contributed by atoms with Gasteiger partial charge in [0.2, 0.25) is 0 Å². The molecule has 1 rings (SSSR count). The van der Waals surface area contributed by atoms with Crippen LogP contribution in [0.25, 0.3) is 0 Å². The summed E-state index contributed by atoms with van der Waals surface area (Å²) in [5.41, 5.74) is 0.396. The van der Waals surface area contributed by atoms with Crippen LogP contribution in [0.15, 0.2) is 18.2 Å². The minimum absolute atomic E-state index is 0.120. The highest BCUT2D eigenvalue weighted by Gasteiger charge is 2.18. The molecule has 0 amide bonds. The van der Waals surface area contributed by atoms with Crippen LogP contribution in [0.2, 0.25) is 0 Å². The predicted molar refractivity (Wildman–Crippen MR) is 52.1 cm³/mol. The summed E-state index contributed by atoms with van der Waals surface area (Å²) in [4.78, 5) is 11.0. The maximum Gasteiger partial charge on any atom is 0.152 e. The molecule has 0 spiro atoms. The first-order chi connectivity index (χ1) is 6.57. The molecule has 0 saturated heterocycles. The molecule has 0 aliphatic heterocycles. The molecule has 3 nitrogen and oxygen atoms in total. The van der Waals surface area contributed by atoms with Crippen LogP contribution in [0.4, 0.5) is 0 Å². The molecule has 0 heterocycles. The Morgan fingerprint density at radius 1 is 1.64 bits per heavy atom. The van der Waals surface area contributed by atoms with E-state index in [1.807, 2.05) is 6.07 Å². The summed E-state index contributed by atoms with van der Waals surface area (Å²) in [5.74, 6) is -0.484. The van der Waals surface area contributed by atoms with E-state index in [-0.39, 0.29) is 22.7 Å². The van der Waals surface area contributed by atoms with Crippen LogP contribution in [0.1, 0.15) is 23.4 Å². The minimum Gasteiger partial charge on any atom is -0.506 e. The smallest absolute Gasteiger partial charge is 0.152 e. The number of phenolic OH excluding ortho intramolecular Hbond substituents is 1. The molecule has 14 heavy (non-hydrogen) atoms. The van der Waals surface area contributed by atoms with Gasteiger partial charge in [-0.05, 0) is 13.0 Å². The number of hydrogen-bond donors (Lipinski definition) is 1. The number of hydrogen-bond acceptors (Lipinski definition) is 3. The quantitative estimate of drug-likeness (QED) is 0.759. The Kier molecular flexibility index (Phi) is 3.10. The first kappa shape index (κ1) is 10.6. The highest BCUT2D eigenvalue weighted by atomic mass is 35.5. The van der Waals surface area contributed by atoms with Gasteiger partial charge in [-0.1, -0.05) is 12.1 Å². The van der Waals surface area contributed by atoms with Gasteiger partial charge in [-0.25, -0.2) is 0 Å². The lowest BCUT2D eigenvalue weighted by Crippen LogP contribution is -2.02. The first-order valence-corrected chi connectivity index (χ1v) is 4.38. The van der Waals surface area contributed by atoms with Crippen molar-refractivity contribution in [1.82, 2.24) is 0 Å². The Morgan fingerprint density at radius 2 is 2.29 bits per heavy atom. The summed E-state index contributed by atoms with van der Waals surface area (Å²) in [6.45, 7) is 1.33. The predicted octanol–water partition coefficient (Wildman–Crippen LogP) is 2.13. The zero-order valence-electron chi connectivity index (χ0n) is 7.49. The second kappa shape index (κ2) is 4.12. The highest BCUT2D eigenvalue weighted by molar-refractivity contribution is 6.31. The molecule has 0 bridgehead atoms. The third-order valence-corrected chi connectivity index (χ3v) is 2.36. The SMILES string of the molecule is CC(=O)C(Cl)c1cccc(C#N)c1O. The van der Waals surface area contributed by atoms with Gasteiger partial charge in [0.05, 0.1) is 5.56 Å². The van der Waals surface area contributed by atoms with E-state index in [2.05, 4.69) is 0 Å². The number of rotatable bonds is 2. The van der Waals surface area contributed by atoms with E-state index >= 15 is 0 Å². The largest absolute Gasteiger partial charge is 0.506 e. The van der Waals surface area contributed by atoms with Crippen molar-refractivity contribution in [2.24, 2.45) is 0 Å². The van der Waals surface area contributed by atoms with Crippen molar-refractivity contribution in [3.8, 4) is 11.8 Å². The van der Waals surface area contributed by atoms with Crippen LogP contribution in [-0.2, 0) is 4.79 Å². The third-order valence-electron chi connectivity index (χ3n) is 1.82. The number of para-hydroxylation sites is 1. The van der Waals surface area contributed by atoms with E-state index in [0.717, 1.165) is 0 Å². The number of carbonyl (C=O) groups is 1. The number of phenols is 1. The fourth-order valence-corrected chi connectivity index (χ4v) is 1.25. The molecule has 0 fully saturated rings. The van der Waals surface area contributed by atoms with E-state index < -0.39 is 5.38 Å². The van der Waals surface area contributed by atoms with E-state index in [9.17, 15) is 9.90 Å². The van der Waals surface area contributed by atoms with Crippen molar-refractivity contribution in [2.45, 2.75) is 12.3 Å². The standard InChI is InChI=1S/C10H8ClNO2/c1-6(13)9(11)8-4-2-3-7(5-12)10(8)14/h2-4,9,14H,1H3. The van der Waals surface area contributed by atoms with Crippen molar-refractivity contribution >= 4 is 17.4 Å². The molecule has 1 aromatic rings. The fraction of sp³-hybridized carbons (Fsp3) is 0.200. The summed E-state index contributed by atoms with van der Waals surface area (Å²) in [6.07, 6.45) is 0. The number of nitrogens with zero attached hydrogens (tertiary/aromatic N) is 1. The Bertz CT molecular complexity index is 409. The Morgan fingerprint density at radius 3 is 2.79 bits per heavy atom. The number of carbonyl (C=O) groups excluding carboxylic acids is 1. The van der Waals surface area contributed by atoms with Crippen LogP contribution in [0, 0.1) is 11.3 Å². The summed E-state index contributed by atoms with van der Waals surface area (Å²) >= 11 is 5.76. The third kappa shape index (κ3) is 1.86. The fourth-order valence-electron chi connectivity index (χ4n) is 1.08. The summed E-state index contributed by atoms with van der Waals surface area (Å²) in [7, 11) is 0. The number of benzene rings is 1. The molecular weight excluding hydrogens is 202 g/mol. The maximum atomic E-state index is 11.0. The van der Waals surface area contributed by atoms with Gasteiger partial charge >= 0.3 is 0 Å². The van der Waals surface area contributed by atoms with Gasteiger partial charge < -0.3 is 5.11 Å². The van der Waals surface area contributed by atoms with Crippen molar-refractivity contribution in [1.29, 1.82) is 5.26 Å². The van der Waals surface area contributed by atoms with Gasteiger partial charge in [-0.3, -0.25) is 4.79 Å². The number of ketones is 1. The van der Waals surface area contributed by atoms with Crippen LogP contribution in [-0.4, -0.2) is 10.9 Å². The average molecular weight is 210 g/mol. The van der Waals surface area contributed by atoms with Gasteiger partial charge in [0.25, 0.3) is 0 Å². The molecule has 0 radical (unpaired) electrons. The molecule has 0 saturated carbocycles. The molecule has 0 aliphatic carbocycles. The lowest BCUT2D eigenvalue weighted by molar-refractivity contribution is -0.116. The Hall–Kier alpha value is -1.53. The zero-order valence-corrected chi connectivity index (χ0v) is 8.25. The monoisotopic (exact) mass is 209 g/mol. The molecule has 1 atom stereocenters. The van der Waals surface area contributed by atoms with Crippen molar-refractivity contribution in [3.05, 3.63) is 29.3 Å². The number of aromatic hydroxyl groups is 1. The van der Waals surface area contributed by atoms with Gasteiger partial charge in [-0.2, -0.15) is 5.26 Å². The Labute approximate surface area is 86.5 Å².